The Labute approximate surface area is 199 Å². The van der Waals surface area contributed by atoms with Crippen molar-refractivity contribution in [2.75, 3.05) is 26.9 Å². The molecule has 33 heavy (non-hydrogen) atoms. The SMILES string of the molecule is CCCCCCCC(=O)O[C@H]1/C(=C/CO)CCOC1(OC)C(C)(C)COCc1ccccc1. The quantitative estimate of drug-likeness (QED) is 0.233. The highest BCUT2D eigenvalue weighted by Crippen LogP contribution is 2.45. The van der Waals surface area contributed by atoms with Crippen LogP contribution in [0, 0.1) is 5.41 Å². The van der Waals surface area contributed by atoms with Crippen molar-refractivity contribution >= 4 is 5.97 Å². The minimum atomic E-state index is -1.22. The van der Waals surface area contributed by atoms with Gasteiger partial charge < -0.3 is 24.1 Å². The highest BCUT2D eigenvalue weighted by molar-refractivity contribution is 5.70. The van der Waals surface area contributed by atoms with Gasteiger partial charge in [-0.25, -0.2) is 0 Å². The number of esters is 1. The standard InChI is InChI=1S/C27H42O6/c1-5-6-7-8-12-15-24(29)33-25-23(16-18-28)17-19-32-27(25,30-4)26(2,3)21-31-20-22-13-10-9-11-14-22/h9-11,13-14,16,25,28H,5-8,12,15,17-21H2,1-4H3/b23-16+/t25-,27?/m0/s1. The maximum absolute atomic E-state index is 12.8. The van der Waals surface area contributed by atoms with E-state index in [1.54, 1.807) is 13.2 Å². The first-order valence-corrected chi connectivity index (χ1v) is 12.2. The molecule has 6 nitrogen and oxygen atoms in total. The molecule has 0 radical (unpaired) electrons. The molecule has 1 fully saturated rings. The number of carbonyl (C=O) groups excluding carboxylic acids is 1. The van der Waals surface area contributed by atoms with Crippen LogP contribution < -0.4 is 0 Å². The van der Waals surface area contributed by atoms with Crippen LogP contribution in [0.4, 0.5) is 0 Å². The van der Waals surface area contributed by atoms with Gasteiger partial charge in [0.25, 0.3) is 0 Å². The second-order valence-corrected chi connectivity index (χ2v) is 9.33. The van der Waals surface area contributed by atoms with Crippen molar-refractivity contribution in [3.05, 3.63) is 47.5 Å². The van der Waals surface area contributed by atoms with Gasteiger partial charge in [-0.15, -0.1) is 0 Å². The summed E-state index contributed by atoms with van der Waals surface area (Å²) in [6.07, 6.45) is 7.17. The molecule has 1 aromatic rings. The fraction of sp³-hybridized carbons (Fsp3) is 0.667. The van der Waals surface area contributed by atoms with Gasteiger partial charge >= 0.3 is 5.97 Å². The van der Waals surface area contributed by atoms with Crippen LogP contribution in [0.25, 0.3) is 0 Å². The van der Waals surface area contributed by atoms with Crippen LogP contribution in [-0.4, -0.2) is 49.9 Å². The lowest BCUT2D eigenvalue weighted by Gasteiger charge is -2.51. The lowest BCUT2D eigenvalue weighted by atomic mass is 9.76. The lowest BCUT2D eigenvalue weighted by Crippen LogP contribution is -2.62. The zero-order valence-corrected chi connectivity index (χ0v) is 20.8. The third-order valence-electron chi connectivity index (χ3n) is 6.30. The van der Waals surface area contributed by atoms with Gasteiger partial charge in [0, 0.05) is 18.9 Å². The van der Waals surface area contributed by atoms with Crippen molar-refractivity contribution in [2.24, 2.45) is 5.41 Å². The van der Waals surface area contributed by atoms with E-state index in [1.807, 2.05) is 44.2 Å². The van der Waals surface area contributed by atoms with E-state index in [0.29, 0.717) is 32.7 Å². The summed E-state index contributed by atoms with van der Waals surface area (Å²) in [6.45, 7) is 7.24. The summed E-state index contributed by atoms with van der Waals surface area (Å²) >= 11 is 0. The first-order valence-electron chi connectivity index (χ1n) is 12.2. The van der Waals surface area contributed by atoms with Gasteiger partial charge in [0.2, 0.25) is 5.79 Å². The molecular formula is C27H42O6. The van der Waals surface area contributed by atoms with Crippen molar-refractivity contribution in [2.45, 2.75) is 84.2 Å². The number of benzene rings is 1. The van der Waals surface area contributed by atoms with Gasteiger partial charge in [-0.1, -0.05) is 82.9 Å². The molecule has 1 aromatic carbocycles. The molecule has 0 amide bonds. The van der Waals surface area contributed by atoms with Crippen molar-refractivity contribution in [1.82, 2.24) is 0 Å². The Morgan fingerprint density at radius 3 is 2.61 bits per heavy atom. The summed E-state index contributed by atoms with van der Waals surface area (Å²) < 4.78 is 24.3. The summed E-state index contributed by atoms with van der Waals surface area (Å²) in [5.41, 5.74) is 1.26. The largest absolute Gasteiger partial charge is 0.452 e. The maximum Gasteiger partial charge on any atom is 0.306 e. The molecule has 1 heterocycles. The van der Waals surface area contributed by atoms with Gasteiger partial charge in [0.15, 0.2) is 6.10 Å². The van der Waals surface area contributed by atoms with Gasteiger partial charge in [-0.3, -0.25) is 4.79 Å². The number of methoxy groups -OCH3 is 1. The molecule has 1 aliphatic rings. The number of rotatable bonds is 14. The molecule has 2 atom stereocenters. The topological polar surface area (TPSA) is 74.2 Å². The average molecular weight is 463 g/mol. The van der Waals surface area contributed by atoms with E-state index >= 15 is 0 Å². The summed E-state index contributed by atoms with van der Waals surface area (Å²) in [5.74, 6) is -1.49. The molecule has 0 bridgehead atoms. The zero-order chi connectivity index (χ0) is 24.2. The number of hydrogen-bond donors (Lipinski definition) is 1. The molecule has 1 aliphatic heterocycles. The predicted octanol–water partition coefficient (Wildman–Crippen LogP) is 5.18. The fourth-order valence-corrected chi connectivity index (χ4v) is 4.41. The van der Waals surface area contributed by atoms with Crippen molar-refractivity contribution in [3.63, 3.8) is 0 Å². The highest BCUT2D eigenvalue weighted by atomic mass is 16.7. The van der Waals surface area contributed by atoms with E-state index in [2.05, 4.69) is 6.92 Å². The molecule has 1 saturated heterocycles. The number of aliphatic hydroxyl groups excluding tert-OH is 1. The molecule has 0 spiro atoms. The molecular weight excluding hydrogens is 420 g/mol. The summed E-state index contributed by atoms with van der Waals surface area (Å²) in [5, 5.41) is 9.58. The second-order valence-electron chi connectivity index (χ2n) is 9.33. The lowest BCUT2D eigenvalue weighted by molar-refractivity contribution is -0.334. The van der Waals surface area contributed by atoms with Gasteiger partial charge in [-0.2, -0.15) is 0 Å². The monoisotopic (exact) mass is 462 g/mol. The van der Waals surface area contributed by atoms with Crippen molar-refractivity contribution in [3.8, 4) is 0 Å². The molecule has 2 rings (SSSR count). The Bertz CT molecular complexity index is 729. The van der Waals surface area contributed by atoms with Crippen LogP contribution in [0.15, 0.2) is 42.0 Å². The maximum atomic E-state index is 12.8. The van der Waals surface area contributed by atoms with Crippen LogP contribution in [0.1, 0.15) is 71.3 Å². The molecule has 0 aromatic heterocycles. The highest BCUT2D eigenvalue weighted by Gasteiger charge is 2.57. The average Bonchev–Trinajstić information content (AvgIpc) is 2.80. The first-order chi connectivity index (χ1) is 15.9. The summed E-state index contributed by atoms with van der Waals surface area (Å²) in [4.78, 5) is 12.8. The third-order valence-corrected chi connectivity index (χ3v) is 6.30. The number of ether oxygens (including phenoxy) is 4. The Hall–Kier alpha value is -1.73. The molecule has 1 unspecified atom stereocenters. The Kier molecular flexibility index (Phi) is 11.5. The minimum Gasteiger partial charge on any atom is -0.452 e. The zero-order valence-electron chi connectivity index (χ0n) is 20.8. The molecule has 6 heteroatoms. The Morgan fingerprint density at radius 1 is 1.21 bits per heavy atom. The Balaban J connectivity index is 2.14. The summed E-state index contributed by atoms with van der Waals surface area (Å²) in [7, 11) is 1.58. The number of hydrogen-bond acceptors (Lipinski definition) is 6. The van der Waals surface area contributed by atoms with Gasteiger partial charge in [0.1, 0.15) is 0 Å². The molecule has 0 saturated carbocycles. The van der Waals surface area contributed by atoms with Crippen LogP contribution in [0.3, 0.4) is 0 Å². The number of carbonyl (C=O) groups is 1. The molecule has 1 N–H and O–H groups in total. The van der Waals surface area contributed by atoms with Crippen molar-refractivity contribution in [1.29, 1.82) is 0 Å². The fourth-order valence-electron chi connectivity index (χ4n) is 4.41. The predicted molar refractivity (Wildman–Crippen MR) is 129 cm³/mol. The van der Waals surface area contributed by atoms with E-state index in [1.165, 1.54) is 6.42 Å². The third kappa shape index (κ3) is 7.64. The van der Waals surface area contributed by atoms with E-state index in [4.69, 9.17) is 18.9 Å². The molecule has 186 valence electrons. The smallest absolute Gasteiger partial charge is 0.306 e. The van der Waals surface area contributed by atoms with E-state index in [-0.39, 0.29) is 12.6 Å². The van der Waals surface area contributed by atoms with Crippen LogP contribution >= 0.6 is 0 Å². The van der Waals surface area contributed by atoms with E-state index in [0.717, 1.165) is 36.8 Å². The van der Waals surface area contributed by atoms with E-state index < -0.39 is 17.3 Å². The van der Waals surface area contributed by atoms with Gasteiger partial charge in [0.05, 0.1) is 26.4 Å². The van der Waals surface area contributed by atoms with Crippen LogP contribution in [-0.2, 0) is 30.3 Å². The van der Waals surface area contributed by atoms with E-state index in [9.17, 15) is 9.90 Å². The molecule has 0 aliphatic carbocycles. The first kappa shape index (κ1) is 27.5. The Morgan fingerprint density at radius 2 is 1.94 bits per heavy atom. The summed E-state index contributed by atoms with van der Waals surface area (Å²) in [6, 6.07) is 9.97. The minimum absolute atomic E-state index is 0.134. The number of aliphatic hydroxyl groups is 1. The van der Waals surface area contributed by atoms with Gasteiger partial charge in [-0.05, 0) is 24.0 Å². The second kappa shape index (κ2) is 13.9. The number of unbranched alkanes of at least 4 members (excludes halogenated alkanes) is 4. The van der Waals surface area contributed by atoms with Crippen molar-refractivity contribution < 1.29 is 28.8 Å². The van der Waals surface area contributed by atoms with Crippen LogP contribution in [0.5, 0.6) is 0 Å². The van der Waals surface area contributed by atoms with Crippen LogP contribution in [0.2, 0.25) is 0 Å². The normalized spacial score (nSPS) is 22.5.